The lowest BCUT2D eigenvalue weighted by Gasteiger charge is -2.04. The van der Waals surface area contributed by atoms with Gasteiger partial charge in [-0.15, -0.1) is 0 Å². The van der Waals surface area contributed by atoms with E-state index in [1.54, 1.807) is 6.08 Å². The van der Waals surface area contributed by atoms with Crippen molar-refractivity contribution in [2.24, 2.45) is 0 Å². The molecule has 0 atom stereocenters. The largest absolute Gasteiger partial charge is 0.398 e. The van der Waals surface area contributed by atoms with E-state index in [0.29, 0.717) is 0 Å². The molecule has 1 nitrogen and oxygen atoms in total. The second-order valence-electron chi connectivity index (χ2n) is 2.48. The van der Waals surface area contributed by atoms with E-state index in [2.05, 4.69) is 13.5 Å². The summed E-state index contributed by atoms with van der Waals surface area (Å²) in [7, 11) is 0. The van der Waals surface area contributed by atoms with Crippen molar-refractivity contribution in [2.75, 3.05) is 5.73 Å². The SMILES string of the molecule is C=Cc1cccc(CC)c1N. The monoisotopic (exact) mass is 147 g/mol. The number of rotatable bonds is 2. The Labute approximate surface area is 67.5 Å². The van der Waals surface area contributed by atoms with Crippen LogP contribution in [0.5, 0.6) is 0 Å². The molecular weight excluding hydrogens is 134 g/mol. The topological polar surface area (TPSA) is 26.0 Å². The van der Waals surface area contributed by atoms with Crippen LogP contribution in [0.3, 0.4) is 0 Å². The third kappa shape index (κ3) is 1.43. The molecule has 0 fully saturated rings. The fourth-order valence-electron chi connectivity index (χ4n) is 1.12. The first-order valence-electron chi connectivity index (χ1n) is 3.79. The van der Waals surface area contributed by atoms with E-state index in [-0.39, 0.29) is 0 Å². The van der Waals surface area contributed by atoms with Crippen LogP contribution in [-0.4, -0.2) is 0 Å². The molecule has 1 heteroatoms. The Morgan fingerprint density at radius 1 is 1.55 bits per heavy atom. The summed E-state index contributed by atoms with van der Waals surface area (Å²) in [5.74, 6) is 0. The molecule has 0 aromatic heterocycles. The van der Waals surface area contributed by atoms with Crippen LogP contribution < -0.4 is 5.73 Å². The molecule has 0 aliphatic rings. The second kappa shape index (κ2) is 3.24. The lowest BCUT2D eigenvalue weighted by Crippen LogP contribution is -1.94. The first kappa shape index (κ1) is 7.86. The number of aryl methyl sites for hydroxylation is 1. The Morgan fingerprint density at radius 3 is 2.82 bits per heavy atom. The molecule has 0 saturated carbocycles. The van der Waals surface area contributed by atoms with Crippen LogP contribution in [0.2, 0.25) is 0 Å². The molecule has 0 heterocycles. The molecule has 2 N–H and O–H groups in total. The first-order chi connectivity index (χ1) is 5.29. The van der Waals surface area contributed by atoms with E-state index >= 15 is 0 Å². The van der Waals surface area contributed by atoms with Crippen molar-refractivity contribution in [3.63, 3.8) is 0 Å². The molecule has 0 unspecified atom stereocenters. The zero-order valence-electron chi connectivity index (χ0n) is 6.80. The number of para-hydroxylation sites is 1. The van der Waals surface area contributed by atoms with Crippen LogP contribution in [0.1, 0.15) is 18.1 Å². The van der Waals surface area contributed by atoms with Gasteiger partial charge in [-0.1, -0.05) is 37.8 Å². The van der Waals surface area contributed by atoms with Crippen molar-refractivity contribution in [2.45, 2.75) is 13.3 Å². The molecule has 58 valence electrons. The van der Waals surface area contributed by atoms with Crippen LogP contribution >= 0.6 is 0 Å². The van der Waals surface area contributed by atoms with Crippen molar-refractivity contribution in [1.82, 2.24) is 0 Å². The lowest BCUT2D eigenvalue weighted by atomic mass is 10.1. The normalized spacial score (nSPS) is 9.55. The van der Waals surface area contributed by atoms with Crippen molar-refractivity contribution >= 4 is 11.8 Å². The highest BCUT2D eigenvalue weighted by Gasteiger charge is 1.98. The van der Waals surface area contributed by atoms with Crippen molar-refractivity contribution in [3.8, 4) is 0 Å². The maximum atomic E-state index is 5.83. The van der Waals surface area contributed by atoms with Gasteiger partial charge in [0.1, 0.15) is 0 Å². The van der Waals surface area contributed by atoms with Gasteiger partial charge in [0.25, 0.3) is 0 Å². The molecular formula is C10H13N. The highest BCUT2D eigenvalue weighted by molar-refractivity contribution is 5.66. The van der Waals surface area contributed by atoms with Crippen LogP contribution in [0, 0.1) is 0 Å². The fraction of sp³-hybridized carbons (Fsp3) is 0.200. The molecule has 0 bridgehead atoms. The average Bonchev–Trinajstić information content (AvgIpc) is 2.05. The standard InChI is InChI=1S/C10H13N/c1-3-8-6-5-7-9(4-2)10(8)11/h3,5-7H,1,4,11H2,2H3. The number of hydrogen-bond acceptors (Lipinski definition) is 1. The summed E-state index contributed by atoms with van der Waals surface area (Å²) in [5, 5.41) is 0. The molecule has 1 rings (SSSR count). The van der Waals surface area contributed by atoms with E-state index in [1.807, 2.05) is 18.2 Å². The fourth-order valence-corrected chi connectivity index (χ4v) is 1.12. The van der Waals surface area contributed by atoms with Gasteiger partial charge in [-0.05, 0) is 17.5 Å². The smallest absolute Gasteiger partial charge is 0.0419 e. The highest BCUT2D eigenvalue weighted by atomic mass is 14.6. The van der Waals surface area contributed by atoms with E-state index in [0.717, 1.165) is 17.7 Å². The Bertz CT molecular complexity index is 264. The minimum absolute atomic E-state index is 0.866. The Hall–Kier alpha value is -1.24. The maximum Gasteiger partial charge on any atom is 0.0419 e. The molecule has 0 aliphatic carbocycles. The van der Waals surface area contributed by atoms with Gasteiger partial charge in [0.05, 0.1) is 0 Å². The van der Waals surface area contributed by atoms with Gasteiger partial charge in [-0.3, -0.25) is 0 Å². The van der Waals surface area contributed by atoms with Gasteiger partial charge in [-0.2, -0.15) is 0 Å². The minimum Gasteiger partial charge on any atom is -0.398 e. The quantitative estimate of drug-likeness (QED) is 0.639. The molecule has 0 radical (unpaired) electrons. The molecule has 1 aromatic rings. The predicted molar refractivity (Wildman–Crippen MR) is 50.3 cm³/mol. The number of nitrogens with two attached hydrogens (primary N) is 1. The van der Waals surface area contributed by atoms with Gasteiger partial charge in [0, 0.05) is 5.69 Å². The van der Waals surface area contributed by atoms with E-state index in [1.165, 1.54) is 5.56 Å². The van der Waals surface area contributed by atoms with E-state index in [9.17, 15) is 0 Å². The highest BCUT2D eigenvalue weighted by Crippen LogP contribution is 2.18. The molecule has 1 aromatic carbocycles. The molecule has 11 heavy (non-hydrogen) atoms. The number of nitrogen functional groups attached to an aromatic ring is 1. The van der Waals surface area contributed by atoms with Gasteiger partial charge >= 0.3 is 0 Å². The van der Waals surface area contributed by atoms with E-state index < -0.39 is 0 Å². The summed E-state index contributed by atoms with van der Waals surface area (Å²) in [6.07, 6.45) is 2.77. The molecule has 0 aliphatic heterocycles. The van der Waals surface area contributed by atoms with Gasteiger partial charge in [-0.25, -0.2) is 0 Å². The zero-order valence-corrected chi connectivity index (χ0v) is 6.80. The Kier molecular flexibility index (Phi) is 2.32. The van der Waals surface area contributed by atoms with Crippen molar-refractivity contribution in [3.05, 3.63) is 35.9 Å². The molecule has 0 saturated heterocycles. The van der Waals surface area contributed by atoms with Crippen LogP contribution in [-0.2, 0) is 6.42 Å². The van der Waals surface area contributed by atoms with Crippen LogP contribution in [0.4, 0.5) is 5.69 Å². The number of benzene rings is 1. The van der Waals surface area contributed by atoms with Crippen molar-refractivity contribution in [1.29, 1.82) is 0 Å². The predicted octanol–water partition coefficient (Wildman–Crippen LogP) is 2.47. The summed E-state index contributed by atoms with van der Waals surface area (Å²) in [6, 6.07) is 6.02. The molecule has 0 amide bonds. The minimum atomic E-state index is 0.866. The van der Waals surface area contributed by atoms with Gasteiger partial charge < -0.3 is 5.73 Å². The zero-order chi connectivity index (χ0) is 8.27. The van der Waals surface area contributed by atoms with E-state index in [4.69, 9.17) is 5.73 Å². The number of hydrogen-bond donors (Lipinski definition) is 1. The summed E-state index contributed by atoms with van der Waals surface area (Å²) >= 11 is 0. The van der Waals surface area contributed by atoms with Gasteiger partial charge in [0.15, 0.2) is 0 Å². The van der Waals surface area contributed by atoms with Crippen molar-refractivity contribution < 1.29 is 0 Å². The maximum absolute atomic E-state index is 5.83. The molecule has 0 spiro atoms. The summed E-state index contributed by atoms with van der Waals surface area (Å²) in [4.78, 5) is 0. The van der Waals surface area contributed by atoms with Crippen LogP contribution in [0.15, 0.2) is 24.8 Å². The average molecular weight is 147 g/mol. The van der Waals surface area contributed by atoms with Gasteiger partial charge in [0.2, 0.25) is 0 Å². The lowest BCUT2D eigenvalue weighted by molar-refractivity contribution is 1.14. The summed E-state index contributed by atoms with van der Waals surface area (Å²) in [5.41, 5.74) is 8.93. The third-order valence-electron chi connectivity index (χ3n) is 1.83. The summed E-state index contributed by atoms with van der Waals surface area (Å²) < 4.78 is 0. The Morgan fingerprint density at radius 2 is 2.27 bits per heavy atom. The third-order valence-corrected chi connectivity index (χ3v) is 1.83. The Balaban J connectivity index is 3.20. The number of anilines is 1. The van der Waals surface area contributed by atoms with Crippen LogP contribution in [0.25, 0.3) is 6.08 Å². The first-order valence-corrected chi connectivity index (χ1v) is 3.79. The second-order valence-corrected chi connectivity index (χ2v) is 2.48. The summed E-state index contributed by atoms with van der Waals surface area (Å²) in [6.45, 7) is 5.78.